The third-order valence-corrected chi connectivity index (χ3v) is 12.0. The van der Waals surface area contributed by atoms with Gasteiger partial charge in [0.15, 0.2) is 6.10 Å². The third-order valence-electron chi connectivity index (χ3n) is 11.0. The number of hydrogen-bond donors (Lipinski definition) is 2. The van der Waals surface area contributed by atoms with Crippen molar-refractivity contribution < 1.29 is 52.2 Å². The smallest absolute Gasteiger partial charge is 0.462 e. The molecule has 11 nitrogen and oxygen atoms in total. The van der Waals surface area contributed by atoms with Crippen LogP contribution in [0.15, 0.2) is 36.5 Å². The van der Waals surface area contributed by atoms with Crippen molar-refractivity contribution in [2.45, 2.75) is 251 Å². The van der Waals surface area contributed by atoms with Crippen molar-refractivity contribution in [3.05, 3.63) is 36.5 Å². The zero-order valence-corrected chi connectivity index (χ0v) is 41.9. The van der Waals surface area contributed by atoms with Gasteiger partial charge in [0.1, 0.15) is 12.7 Å². The van der Waals surface area contributed by atoms with Crippen molar-refractivity contribution in [2.24, 2.45) is 0 Å². The number of esters is 3. The summed E-state index contributed by atoms with van der Waals surface area (Å²) in [4.78, 5) is 48.2. The first-order valence-corrected chi connectivity index (χ1v) is 27.4. The molecule has 0 saturated carbocycles. The van der Waals surface area contributed by atoms with E-state index in [1.807, 2.05) is 0 Å². The lowest BCUT2D eigenvalue weighted by Gasteiger charge is -2.21. The van der Waals surface area contributed by atoms with Crippen LogP contribution in [0, 0.1) is 0 Å². The van der Waals surface area contributed by atoms with Gasteiger partial charge >= 0.3 is 25.7 Å². The Morgan fingerprint density at radius 2 is 0.781 bits per heavy atom. The van der Waals surface area contributed by atoms with Crippen LogP contribution in [-0.4, -0.2) is 66.5 Å². The number of rotatable bonds is 48. The van der Waals surface area contributed by atoms with Crippen LogP contribution >= 0.6 is 7.82 Å². The number of hydrogen-bond acceptors (Lipinski definition) is 10. The van der Waals surface area contributed by atoms with Gasteiger partial charge in [-0.25, -0.2) is 4.57 Å². The number of allylic oxidation sites excluding steroid dienone is 6. The van der Waals surface area contributed by atoms with E-state index in [4.69, 9.17) is 23.3 Å². The zero-order chi connectivity index (χ0) is 47.0. The number of aliphatic hydroxyl groups is 1. The summed E-state index contributed by atoms with van der Waals surface area (Å²) in [6.07, 6.45) is 45.5. The van der Waals surface area contributed by atoms with Crippen LogP contribution in [0.1, 0.15) is 239 Å². The van der Waals surface area contributed by atoms with E-state index in [2.05, 4.69) is 57.2 Å². The molecule has 2 N–H and O–H groups in total. The minimum atomic E-state index is -4.73. The molecular formula is C52H95O11P. The van der Waals surface area contributed by atoms with E-state index in [1.54, 1.807) is 0 Å². The van der Waals surface area contributed by atoms with Crippen LogP contribution < -0.4 is 0 Å². The average Bonchev–Trinajstić information content (AvgIpc) is 3.28. The molecule has 12 heteroatoms. The van der Waals surface area contributed by atoms with Crippen LogP contribution in [0.5, 0.6) is 0 Å². The minimum Gasteiger partial charge on any atom is -0.462 e. The summed E-state index contributed by atoms with van der Waals surface area (Å²) in [5.74, 6) is -1.48. The lowest BCUT2D eigenvalue weighted by molar-refractivity contribution is -0.161. The fourth-order valence-electron chi connectivity index (χ4n) is 7.01. The third kappa shape index (κ3) is 44.9. The Labute approximate surface area is 390 Å². The second-order valence-electron chi connectivity index (χ2n) is 17.3. The van der Waals surface area contributed by atoms with E-state index in [-0.39, 0.29) is 25.9 Å². The topological polar surface area (TPSA) is 155 Å². The lowest BCUT2D eigenvalue weighted by atomic mass is 10.1. The van der Waals surface area contributed by atoms with E-state index in [0.29, 0.717) is 19.3 Å². The molecule has 0 amide bonds. The SMILES string of the molecule is CCCC/C=C\CCCCCCCC(=O)OCC(COP(=O)(O)OCC(CO)OC(=O)CCCCCCCCCCC)OC(=O)CCCCCCCCC/C=C\C/C=C\CCCCC. The molecule has 0 aliphatic heterocycles. The standard InChI is InChI=1S/C52H95O11P/c1-4-7-10-13-16-19-21-22-23-24-25-26-28-31-34-37-40-43-52(56)63-49(45-59-50(54)41-38-35-32-30-27-20-17-14-11-8-5-2)47-61-64(57,58)60-46-48(44-53)62-51(55)42-39-36-33-29-18-15-12-9-6-3/h14,16-17,19,22-23,48-49,53H,4-13,15,18,20-21,24-47H2,1-3H3,(H,57,58)/b17-14-,19-16-,23-22-. The van der Waals surface area contributed by atoms with Crippen molar-refractivity contribution in [2.75, 3.05) is 26.4 Å². The van der Waals surface area contributed by atoms with Crippen LogP contribution in [0.2, 0.25) is 0 Å². The maximum Gasteiger partial charge on any atom is 0.472 e. The Bertz CT molecular complexity index is 1220. The van der Waals surface area contributed by atoms with Gasteiger partial charge in [0.2, 0.25) is 0 Å². The largest absolute Gasteiger partial charge is 0.472 e. The average molecular weight is 927 g/mol. The monoisotopic (exact) mass is 927 g/mol. The van der Waals surface area contributed by atoms with Gasteiger partial charge in [-0.15, -0.1) is 0 Å². The summed E-state index contributed by atoms with van der Waals surface area (Å²) in [6, 6.07) is 0. The molecule has 374 valence electrons. The van der Waals surface area contributed by atoms with Gasteiger partial charge in [0.25, 0.3) is 0 Å². The van der Waals surface area contributed by atoms with Crippen LogP contribution in [0.4, 0.5) is 0 Å². The summed E-state index contributed by atoms with van der Waals surface area (Å²) < 4.78 is 39.3. The van der Waals surface area contributed by atoms with Gasteiger partial charge < -0.3 is 24.2 Å². The van der Waals surface area contributed by atoms with Gasteiger partial charge in [-0.2, -0.15) is 0 Å². The number of carbonyl (C=O) groups excluding carboxylic acids is 3. The molecule has 0 rings (SSSR count). The molecule has 0 aliphatic rings. The number of phosphoric ester groups is 1. The molecule has 0 saturated heterocycles. The summed E-state index contributed by atoms with van der Waals surface area (Å²) >= 11 is 0. The van der Waals surface area contributed by atoms with Gasteiger partial charge in [0.05, 0.1) is 19.8 Å². The second kappa shape index (κ2) is 47.2. The molecule has 3 atom stereocenters. The van der Waals surface area contributed by atoms with Gasteiger partial charge in [-0.05, 0) is 70.6 Å². The fourth-order valence-corrected chi connectivity index (χ4v) is 7.80. The minimum absolute atomic E-state index is 0.159. The molecule has 0 aromatic heterocycles. The van der Waals surface area contributed by atoms with E-state index < -0.39 is 57.8 Å². The van der Waals surface area contributed by atoms with Crippen LogP contribution in [0.3, 0.4) is 0 Å². The summed E-state index contributed by atoms with van der Waals surface area (Å²) in [6.45, 7) is 4.54. The molecule has 0 heterocycles. The van der Waals surface area contributed by atoms with Crippen molar-refractivity contribution in [3.8, 4) is 0 Å². The lowest BCUT2D eigenvalue weighted by Crippen LogP contribution is -2.30. The maximum absolute atomic E-state index is 12.8. The molecule has 0 aromatic rings. The Morgan fingerprint density at radius 3 is 1.25 bits per heavy atom. The first kappa shape index (κ1) is 61.7. The van der Waals surface area contributed by atoms with Gasteiger partial charge in [-0.1, -0.05) is 186 Å². The molecule has 0 aromatic carbocycles. The van der Waals surface area contributed by atoms with E-state index in [1.165, 1.54) is 83.5 Å². The Balaban J connectivity index is 4.74. The zero-order valence-electron chi connectivity index (χ0n) is 41.0. The van der Waals surface area contributed by atoms with Crippen molar-refractivity contribution >= 4 is 25.7 Å². The molecular weight excluding hydrogens is 832 g/mol. The Morgan fingerprint density at radius 1 is 0.438 bits per heavy atom. The summed E-state index contributed by atoms with van der Waals surface area (Å²) in [5.41, 5.74) is 0. The van der Waals surface area contributed by atoms with Crippen LogP contribution in [-0.2, 0) is 42.2 Å². The molecule has 0 spiro atoms. The number of aliphatic hydroxyl groups excluding tert-OH is 1. The Kier molecular flexibility index (Phi) is 45.5. The summed E-state index contributed by atoms with van der Waals surface area (Å²) in [5, 5.41) is 9.73. The molecule has 0 aliphatic carbocycles. The molecule has 0 fully saturated rings. The van der Waals surface area contributed by atoms with Crippen molar-refractivity contribution in [1.82, 2.24) is 0 Å². The number of phosphoric acid groups is 1. The van der Waals surface area contributed by atoms with E-state index >= 15 is 0 Å². The Hall–Kier alpha value is -2.30. The van der Waals surface area contributed by atoms with Crippen molar-refractivity contribution in [3.63, 3.8) is 0 Å². The molecule has 64 heavy (non-hydrogen) atoms. The molecule has 3 unspecified atom stereocenters. The van der Waals surface area contributed by atoms with Crippen molar-refractivity contribution in [1.29, 1.82) is 0 Å². The fraction of sp³-hybridized carbons (Fsp3) is 0.827. The number of carbonyl (C=O) groups is 3. The molecule has 0 radical (unpaired) electrons. The van der Waals surface area contributed by atoms with E-state index in [0.717, 1.165) is 96.3 Å². The van der Waals surface area contributed by atoms with E-state index in [9.17, 15) is 28.9 Å². The van der Waals surface area contributed by atoms with Gasteiger partial charge in [-0.3, -0.25) is 23.4 Å². The number of ether oxygens (including phenoxy) is 3. The second-order valence-corrected chi connectivity index (χ2v) is 18.8. The summed E-state index contributed by atoms with van der Waals surface area (Å²) in [7, 11) is -4.73. The maximum atomic E-state index is 12.8. The highest BCUT2D eigenvalue weighted by Gasteiger charge is 2.28. The quantitative estimate of drug-likeness (QED) is 0.0197. The first-order chi connectivity index (χ1) is 31.2. The van der Waals surface area contributed by atoms with Gasteiger partial charge in [0, 0.05) is 19.3 Å². The normalized spacial score (nSPS) is 13.8. The predicted molar refractivity (Wildman–Crippen MR) is 261 cm³/mol. The first-order valence-electron chi connectivity index (χ1n) is 25.9. The highest BCUT2D eigenvalue weighted by molar-refractivity contribution is 7.47. The highest BCUT2D eigenvalue weighted by Crippen LogP contribution is 2.43. The molecule has 0 bridgehead atoms. The predicted octanol–water partition coefficient (Wildman–Crippen LogP) is 14.5. The highest BCUT2D eigenvalue weighted by atomic mass is 31.2. The number of unbranched alkanes of at least 4 members (excludes halogenated alkanes) is 25. The van der Waals surface area contributed by atoms with Crippen LogP contribution in [0.25, 0.3) is 0 Å².